The molecule has 2 aromatic rings. The maximum atomic E-state index is 13.6. The van der Waals surface area contributed by atoms with Crippen molar-refractivity contribution >= 4 is 51.0 Å². The number of methoxy groups -OCH3 is 1. The number of hydrogen-bond donors (Lipinski definition) is 2. The molecule has 0 aliphatic carbocycles. The van der Waals surface area contributed by atoms with Crippen molar-refractivity contribution in [2.45, 2.75) is 30.2 Å². The Balaban J connectivity index is 2.06. The molecular formula is C22H22Cl2N2O7S. The van der Waals surface area contributed by atoms with Gasteiger partial charge >= 0.3 is 5.97 Å². The molecule has 2 N–H and O–H groups in total. The monoisotopic (exact) mass is 528 g/mol. The summed E-state index contributed by atoms with van der Waals surface area (Å²) in [5.74, 6) is -3.36. The topological polar surface area (TPSA) is 130 Å². The number of amides is 2. The van der Waals surface area contributed by atoms with Gasteiger partial charge in [-0.25, -0.2) is 12.7 Å². The van der Waals surface area contributed by atoms with Gasteiger partial charge in [0.1, 0.15) is 11.8 Å². The molecular weight excluding hydrogens is 507 g/mol. The number of sulfonamides is 1. The SMILES string of the molecule is COc1ccc(Cl)cc1C[C@H]1CNC(=O)[C@@H](CCC(=O)O)N(S(=O)(=O)c2ccc(Cl)cc2)C1=O. The van der Waals surface area contributed by atoms with Gasteiger partial charge in [-0.3, -0.25) is 14.4 Å². The van der Waals surface area contributed by atoms with Crippen LogP contribution >= 0.6 is 23.2 Å². The van der Waals surface area contributed by atoms with Crippen LogP contribution in [0.2, 0.25) is 10.0 Å². The van der Waals surface area contributed by atoms with E-state index in [1.165, 1.54) is 31.4 Å². The molecule has 0 radical (unpaired) electrons. The third kappa shape index (κ3) is 5.63. The van der Waals surface area contributed by atoms with Crippen LogP contribution in [0.5, 0.6) is 5.75 Å². The predicted octanol–water partition coefficient (Wildman–Crippen LogP) is 2.74. The van der Waals surface area contributed by atoms with Gasteiger partial charge < -0.3 is 15.2 Å². The molecule has 1 aliphatic heterocycles. The van der Waals surface area contributed by atoms with Gasteiger partial charge in [-0.1, -0.05) is 23.2 Å². The molecule has 9 nitrogen and oxygen atoms in total. The first kappa shape index (κ1) is 25.8. The Labute approximate surface area is 206 Å². The molecule has 2 aromatic carbocycles. The highest BCUT2D eigenvalue weighted by molar-refractivity contribution is 7.89. The number of halogens is 2. The predicted molar refractivity (Wildman–Crippen MR) is 124 cm³/mol. The summed E-state index contributed by atoms with van der Waals surface area (Å²) in [6.07, 6.45) is -0.862. The van der Waals surface area contributed by atoms with E-state index in [9.17, 15) is 22.8 Å². The number of aliphatic carboxylic acids is 1. The summed E-state index contributed by atoms with van der Waals surface area (Å²) in [7, 11) is -3.07. The number of carboxylic acid groups (broad SMARTS) is 1. The summed E-state index contributed by atoms with van der Waals surface area (Å²) in [6.45, 7) is -0.149. The fraction of sp³-hybridized carbons (Fsp3) is 0.318. The van der Waals surface area contributed by atoms with Gasteiger partial charge in [0, 0.05) is 23.0 Å². The zero-order valence-electron chi connectivity index (χ0n) is 18.0. The van der Waals surface area contributed by atoms with E-state index in [2.05, 4.69) is 5.32 Å². The van der Waals surface area contributed by atoms with Crippen LogP contribution < -0.4 is 10.1 Å². The van der Waals surface area contributed by atoms with Gasteiger partial charge in [-0.2, -0.15) is 0 Å². The average molecular weight is 529 g/mol. The molecule has 0 unspecified atom stereocenters. The Morgan fingerprint density at radius 3 is 2.41 bits per heavy atom. The number of rotatable bonds is 8. The summed E-state index contributed by atoms with van der Waals surface area (Å²) < 4.78 is 32.9. The third-order valence-electron chi connectivity index (χ3n) is 5.39. The molecule has 2 atom stereocenters. The third-order valence-corrected chi connectivity index (χ3v) is 7.69. The summed E-state index contributed by atoms with van der Waals surface area (Å²) in [5.41, 5.74) is 0.551. The quantitative estimate of drug-likeness (QED) is 0.538. The highest BCUT2D eigenvalue weighted by atomic mass is 35.5. The van der Waals surface area contributed by atoms with Gasteiger partial charge in [-0.15, -0.1) is 0 Å². The lowest BCUT2D eigenvalue weighted by Gasteiger charge is -2.29. The van der Waals surface area contributed by atoms with E-state index in [0.29, 0.717) is 20.6 Å². The van der Waals surface area contributed by atoms with Crippen LogP contribution in [-0.2, 0) is 30.8 Å². The van der Waals surface area contributed by atoms with Crippen LogP contribution in [0.3, 0.4) is 0 Å². The first-order valence-corrected chi connectivity index (χ1v) is 12.4. The summed E-state index contributed by atoms with van der Waals surface area (Å²) >= 11 is 12.0. The Morgan fingerprint density at radius 1 is 1.15 bits per heavy atom. The number of nitrogens with one attached hydrogen (secondary N) is 1. The van der Waals surface area contributed by atoms with Gasteiger partial charge in [-0.05, 0) is 60.9 Å². The minimum Gasteiger partial charge on any atom is -0.496 e. The van der Waals surface area contributed by atoms with Gasteiger partial charge in [0.25, 0.3) is 10.0 Å². The van der Waals surface area contributed by atoms with Crippen molar-refractivity contribution in [2.75, 3.05) is 13.7 Å². The van der Waals surface area contributed by atoms with Crippen molar-refractivity contribution < 1.29 is 32.6 Å². The fourth-order valence-corrected chi connectivity index (χ4v) is 5.67. The van der Waals surface area contributed by atoms with Crippen molar-refractivity contribution in [2.24, 2.45) is 5.92 Å². The van der Waals surface area contributed by atoms with Gasteiger partial charge in [0.15, 0.2) is 0 Å². The molecule has 0 aromatic heterocycles. The lowest BCUT2D eigenvalue weighted by Crippen LogP contribution is -2.50. The number of benzene rings is 2. The molecule has 0 saturated carbocycles. The standard InChI is InChI=1S/C22H22Cl2N2O7S/c1-33-19-8-4-16(24)11-13(19)10-14-12-25-21(29)18(7-9-20(27)28)26(22(14)30)34(31,32)17-5-2-15(23)3-6-17/h2-6,8,11,14,18H,7,9-10,12H2,1H3,(H,25,29)(H,27,28)/t14-,18+/m0/s1. The van der Waals surface area contributed by atoms with Crippen molar-refractivity contribution in [1.29, 1.82) is 0 Å². The van der Waals surface area contributed by atoms with Crippen LogP contribution in [-0.4, -0.2) is 55.3 Å². The van der Waals surface area contributed by atoms with Crippen molar-refractivity contribution in [3.8, 4) is 5.75 Å². The minimum absolute atomic E-state index is 0.0289. The second-order valence-electron chi connectivity index (χ2n) is 7.64. The lowest BCUT2D eigenvalue weighted by atomic mass is 9.97. The summed E-state index contributed by atoms with van der Waals surface area (Å²) in [4.78, 5) is 37.4. The molecule has 182 valence electrons. The normalized spacial score (nSPS) is 18.9. The van der Waals surface area contributed by atoms with Gasteiger partial charge in [0.05, 0.1) is 17.9 Å². The number of hydrogen-bond acceptors (Lipinski definition) is 6. The second-order valence-corrected chi connectivity index (χ2v) is 10.3. The van der Waals surface area contributed by atoms with E-state index < -0.39 is 46.2 Å². The first-order valence-electron chi connectivity index (χ1n) is 10.2. The van der Waals surface area contributed by atoms with Crippen molar-refractivity contribution in [1.82, 2.24) is 9.62 Å². The molecule has 34 heavy (non-hydrogen) atoms. The first-order chi connectivity index (χ1) is 16.0. The Kier molecular flexibility index (Phi) is 8.06. The highest BCUT2D eigenvalue weighted by Crippen LogP contribution is 2.30. The zero-order chi connectivity index (χ0) is 25.0. The van der Waals surface area contributed by atoms with Crippen molar-refractivity contribution in [3.63, 3.8) is 0 Å². The van der Waals surface area contributed by atoms with E-state index in [1.54, 1.807) is 18.2 Å². The van der Waals surface area contributed by atoms with Crippen LogP contribution in [0.25, 0.3) is 0 Å². The zero-order valence-corrected chi connectivity index (χ0v) is 20.4. The molecule has 12 heteroatoms. The smallest absolute Gasteiger partial charge is 0.303 e. The summed E-state index contributed by atoms with van der Waals surface area (Å²) in [6, 6.07) is 8.42. The maximum Gasteiger partial charge on any atom is 0.303 e. The van der Waals surface area contributed by atoms with Crippen LogP contribution in [0, 0.1) is 5.92 Å². The number of carbonyl (C=O) groups is 3. The maximum absolute atomic E-state index is 13.6. The van der Waals surface area contributed by atoms with E-state index >= 15 is 0 Å². The minimum atomic E-state index is -4.52. The molecule has 3 rings (SSSR count). The van der Waals surface area contributed by atoms with Gasteiger partial charge in [0.2, 0.25) is 11.8 Å². The number of nitrogens with zero attached hydrogens (tertiary/aromatic N) is 1. The molecule has 0 spiro atoms. The highest BCUT2D eigenvalue weighted by Gasteiger charge is 2.45. The second kappa shape index (κ2) is 10.6. The number of carbonyl (C=O) groups excluding carboxylic acids is 2. The Hall–Kier alpha value is -2.82. The van der Waals surface area contributed by atoms with Crippen LogP contribution in [0.4, 0.5) is 0 Å². The van der Waals surface area contributed by atoms with Crippen molar-refractivity contribution in [3.05, 3.63) is 58.1 Å². The number of ether oxygens (including phenoxy) is 1. The molecule has 1 heterocycles. The Bertz CT molecular complexity index is 1200. The van der Waals surface area contributed by atoms with Crippen LogP contribution in [0.15, 0.2) is 47.4 Å². The fourth-order valence-electron chi connectivity index (χ4n) is 3.72. The van der Waals surface area contributed by atoms with E-state index in [0.717, 1.165) is 0 Å². The Morgan fingerprint density at radius 2 is 1.79 bits per heavy atom. The van der Waals surface area contributed by atoms with E-state index in [4.69, 9.17) is 33.0 Å². The molecule has 1 fully saturated rings. The summed E-state index contributed by atoms with van der Waals surface area (Å²) in [5, 5.41) is 12.4. The molecule has 2 amide bonds. The van der Waals surface area contributed by atoms with E-state index in [-0.39, 0.29) is 29.3 Å². The molecule has 1 saturated heterocycles. The largest absolute Gasteiger partial charge is 0.496 e. The van der Waals surface area contributed by atoms with E-state index in [1.807, 2.05) is 0 Å². The average Bonchev–Trinajstić information content (AvgIpc) is 2.89. The van der Waals surface area contributed by atoms with Crippen LogP contribution in [0.1, 0.15) is 18.4 Å². The number of carboxylic acids is 1. The lowest BCUT2D eigenvalue weighted by molar-refractivity contribution is -0.139. The molecule has 0 bridgehead atoms. The molecule has 1 aliphatic rings.